The minimum atomic E-state index is -3.52. The number of sulfonamides is 1. The molecule has 3 N–H and O–H groups in total. The molecule has 1 heterocycles. The summed E-state index contributed by atoms with van der Waals surface area (Å²) in [5.41, 5.74) is 6.92. The summed E-state index contributed by atoms with van der Waals surface area (Å²) in [6.45, 7) is 3.76. The fourth-order valence-electron chi connectivity index (χ4n) is 2.81. The molecule has 0 atom stereocenters. The Labute approximate surface area is 160 Å². The lowest BCUT2D eigenvalue weighted by molar-refractivity contribution is -0.121. The Kier molecular flexibility index (Phi) is 7.34. The van der Waals surface area contributed by atoms with E-state index in [4.69, 9.17) is 5.73 Å². The summed E-state index contributed by atoms with van der Waals surface area (Å²) in [6, 6.07) is 5.01. The highest BCUT2D eigenvalue weighted by Crippen LogP contribution is 2.23. The standard InChI is InChI=1S/C18H29N5O3S/c1-4-5-12-23-16-7-6-14(27(25,26)22(2)3)13-15(16)21-17(23)8-9-18(24)20-11-10-19/h6-7,13H,4-5,8-12,19H2,1-3H3,(H,20,24). The second-order valence-electron chi connectivity index (χ2n) is 6.61. The second-order valence-corrected chi connectivity index (χ2v) is 8.76. The van der Waals surface area contributed by atoms with Crippen molar-refractivity contribution >= 4 is 27.0 Å². The lowest BCUT2D eigenvalue weighted by atomic mass is 10.2. The number of hydrogen-bond acceptors (Lipinski definition) is 5. The summed E-state index contributed by atoms with van der Waals surface area (Å²) >= 11 is 0. The summed E-state index contributed by atoms with van der Waals surface area (Å²) in [4.78, 5) is 16.7. The van der Waals surface area contributed by atoms with Crippen molar-refractivity contribution in [1.82, 2.24) is 19.2 Å². The number of nitrogens with two attached hydrogens (primary N) is 1. The zero-order chi connectivity index (χ0) is 20.0. The third-order valence-corrected chi connectivity index (χ3v) is 6.17. The molecule has 0 aliphatic rings. The van der Waals surface area contributed by atoms with Crippen LogP contribution in [0.4, 0.5) is 0 Å². The molecule has 8 nitrogen and oxygen atoms in total. The second kappa shape index (κ2) is 9.29. The number of benzene rings is 1. The predicted octanol–water partition coefficient (Wildman–Crippen LogP) is 1.09. The molecule has 150 valence electrons. The molecular formula is C18H29N5O3S. The molecule has 0 aliphatic heterocycles. The third-order valence-electron chi connectivity index (χ3n) is 4.35. The molecule has 0 radical (unpaired) electrons. The normalized spacial score (nSPS) is 12.0. The van der Waals surface area contributed by atoms with Gasteiger partial charge in [-0.25, -0.2) is 17.7 Å². The van der Waals surface area contributed by atoms with Crippen molar-refractivity contribution in [2.24, 2.45) is 5.73 Å². The summed E-state index contributed by atoms with van der Waals surface area (Å²) in [7, 11) is -0.507. The number of imidazole rings is 1. The largest absolute Gasteiger partial charge is 0.355 e. The molecular weight excluding hydrogens is 366 g/mol. The quantitative estimate of drug-likeness (QED) is 0.626. The van der Waals surface area contributed by atoms with Gasteiger partial charge in [0.1, 0.15) is 5.82 Å². The monoisotopic (exact) mass is 395 g/mol. The van der Waals surface area contributed by atoms with Gasteiger partial charge in [0, 0.05) is 46.6 Å². The van der Waals surface area contributed by atoms with E-state index in [1.165, 1.54) is 18.4 Å². The van der Waals surface area contributed by atoms with Gasteiger partial charge in [-0.05, 0) is 24.6 Å². The number of hydrogen-bond donors (Lipinski definition) is 2. The Hall–Kier alpha value is -1.97. The van der Waals surface area contributed by atoms with Crippen molar-refractivity contribution in [1.29, 1.82) is 0 Å². The highest BCUT2D eigenvalue weighted by atomic mass is 32.2. The number of carbonyl (C=O) groups excluding carboxylic acids is 1. The van der Waals surface area contributed by atoms with E-state index in [1.54, 1.807) is 18.2 Å². The van der Waals surface area contributed by atoms with Gasteiger partial charge in [-0.3, -0.25) is 4.79 Å². The molecule has 0 saturated carbocycles. The van der Waals surface area contributed by atoms with Crippen LogP contribution in [0.25, 0.3) is 11.0 Å². The molecule has 2 aromatic rings. The minimum Gasteiger partial charge on any atom is -0.355 e. The van der Waals surface area contributed by atoms with E-state index in [9.17, 15) is 13.2 Å². The van der Waals surface area contributed by atoms with Crippen LogP contribution < -0.4 is 11.1 Å². The zero-order valence-corrected chi connectivity index (χ0v) is 17.1. The summed E-state index contributed by atoms with van der Waals surface area (Å²) in [6.07, 6.45) is 2.82. The van der Waals surface area contributed by atoms with E-state index in [2.05, 4.69) is 21.8 Å². The number of nitrogens with zero attached hydrogens (tertiary/aromatic N) is 3. The average molecular weight is 396 g/mol. The SMILES string of the molecule is CCCCn1c(CCC(=O)NCCN)nc2cc(S(=O)(=O)N(C)C)ccc21. The molecule has 2 rings (SSSR count). The maximum atomic E-state index is 12.4. The van der Waals surface area contributed by atoms with E-state index >= 15 is 0 Å². The number of rotatable bonds is 10. The molecule has 0 aliphatic carbocycles. The van der Waals surface area contributed by atoms with Crippen molar-refractivity contribution in [2.45, 2.75) is 44.0 Å². The molecule has 0 saturated heterocycles. The first kappa shape index (κ1) is 21.3. The van der Waals surface area contributed by atoms with Crippen LogP contribution in [0.3, 0.4) is 0 Å². The van der Waals surface area contributed by atoms with E-state index in [1.807, 2.05) is 0 Å². The van der Waals surface area contributed by atoms with E-state index < -0.39 is 10.0 Å². The Morgan fingerprint density at radius 1 is 1.33 bits per heavy atom. The van der Waals surface area contributed by atoms with Crippen LogP contribution in [-0.4, -0.2) is 55.4 Å². The van der Waals surface area contributed by atoms with Crippen molar-refractivity contribution < 1.29 is 13.2 Å². The van der Waals surface area contributed by atoms with Gasteiger partial charge >= 0.3 is 0 Å². The topological polar surface area (TPSA) is 110 Å². The third kappa shape index (κ3) is 5.06. The molecule has 9 heteroatoms. The van der Waals surface area contributed by atoms with Crippen LogP contribution >= 0.6 is 0 Å². The van der Waals surface area contributed by atoms with Crippen LogP contribution in [-0.2, 0) is 27.8 Å². The number of carbonyl (C=O) groups is 1. The minimum absolute atomic E-state index is 0.0644. The van der Waals surface area contributed by atoms with E-state index in [0.29, 0.717) is 31.4 Å². The van der Waals surface area contributed by atoms with Crippen LogP contribution in [0.15, 0.2) is 23.1 Å². The first-order valence-electron chi connectivity index (χ1n) is 9.19. The maximum absolute atomic E-state index is 12.4. The number of aryl methyl sites for hydroxylation is 2. The molecule has 0 bridgehead atoms. The lowest BCUT2D eigenvalue weighted by Gasteiger charge is -2.11. The predicted molar refractivity (Wildman–Crippen MR) is 106 cm³/mol. The molecule has 0 unspecified atom stereocenters. The molecule has 27 heavy (non-hydrogen) atoms. The smallest absolute Gasteiger partial charge is 0.242 e. The van der Waals surface area contributed by atoms with E-state index in [-0.39, 0.29) is 10.8 Å². The fourth-order valence-corrected chi connectivity index (χ4v) is 3.73. The van der Waals surface area contributed by atoms with Crippen LogP contribution in [0.2, 0.25) is 0 Å². The van der Waals surface area contributed by atoms with Gasteiger partial charge in [-0.1, -0.05) is 13.3 Å². The number of unbranched alkanes of at least 4 members (excludes halogenated alkanes) is 1. The van der Waals surface area contributed by atoms with Gasteiger partial charge in [0.2, 0.25) is 15.9 Å². The summed E-state index contributed by atoms with van der Waals surface area (Å²) in [5, 5.41) is 2.75. The summed E-state index contributed by atoms with van der Waals surface area (Å²) in [5.74, 6) is 0.728. The highest BCUT2D eigenvalue weighted by Gasteiger charge is 2.20. The molecule has 1 amide bonds. The number of fused-ring (bicyclic) bond motifs is 1. The first-order chi connectivity index (χ1) is 12.8. The van der Waals surface area contributed by atoms with Crippen molar-refractivity contribution in [3.63, 3.8) is 0 Å². The highest BCUT2D eigenvalue weighted by molar-refractivity contribution is 7.89. The van der Waals surface area contributed by atoms with Crippen molar-refractivity contribution in [3.05, 3.63) is 24.0 Å². The molecule has 0 fully saturated rings. The average Bonchev–Trinajstić information content (AvgIpc) is 2.99. The lowest BCUT2D eigenvalue weighted by Crippen LogP contribution is -2.29. The van der Waals surface area contributed by atoms with Gasteiger partial charge in [0.25, 0.3) is 0 Å². The van der Waals surface area contributed by atoms with Crippen LogP contribution in [0.5, 0.6) is 0 Å². The first-order valence-corrected chi connectivity index (χ1v) is 10.6. The van der Waals surface area contributed by atoms with Gasteiger partial charge in [0.05, 0.1) is 15.9 Å². The Bertz CT molecular complexity index is 890. The van der Waals surface area contributed by atoms with Crippen molar-refractivity contribution in [2.75, 3.05) is 27.2 Å². The molecule has 1 aromatic heterocycles. The Morgan fingerprint density at radius 3 is 2.70 bits per heavy atom. The number of nitrogens with one attached hydrogen (secondary N) is 1. The van der Waals surface area contributed by atoms with Gasteiger partial charge < -0.3 is 15.6 Å². The Balaban J connectivity index is 2.35. The zero-order valence-electron chi connectivity index (χ0n) is 16.2. The van der Waals surface area contributed by atoms with E-state index in [0.717, 1.165) is 30.7 Å². The number of amides is 1. The maximum Gasteiger partial charge on any atom is 0.242 e. The Morgan fingerprint density at radius 2 is 2.07 bits per heavy atom. The van der Waals surface area contributed by atoms with Gasteiger partial charge in [-0.2, -0.15) is 0 Å². The van der Waals surface area contributed by atoms with Crippen molar-refractivity contribution in [3.8, 4) is 0 Å². The molecule has 1 aromatic carbocycles. The van der Waals surface area contributed by atoms with Gasteiger partial charge in [0.15, 0.2) is 0 Å². The number of aromatic nitrogens is 2. The summed E-state index contributed by atoms with van der Waals surface area (Å²) < 4.78 is 28.0. The molecule has 0 spiro atoms. The van der Waals surface area contributed by atoms with Crippen LogP contribution in [0.1, 0.15) is 32.0 Å². The fraction of sp³-hybridized carbons (Fsp3) is 0.556. The van der Waals surface area contributed by atoms with Gasteiger partial charge in [-0.15, -0.1) is 0 Å². The van der Waals surface area contributed by atoms with Crippen LogP contribution in [0, 0.1) is 0 Å².